The summed E-state index contributed by atoms with van der Waals surface area (Å²) in [5.41, 5.74) is 0.612. The molecule has 3 heteroatoms. The highest BCUT2D eigenvalue weighted by Gasteiger charge is 2.45. The Balaban J connectivity index is 1.71. The third kappa shape index (κ3) is 2.85. The second-order valence-corrected chi connectivity index (χ2v) is 4.76. The Morgan fingerprint density at radius 2 is 2.25 bits per heavy atom. The van der Waals surface area contributed by atoms with Crippen LogP contribution in [0.3, 0.4) is 0 Å². The molecule has 1 saturated heterocycles. The predicted octanol–water partition coefficient (Wildman–Crippen LogP) is 2.60. The van der Waals surface area contributed by atoms with Crippen LogP contribution >= 0.6 is 0 Å². The van der Waals surface area contributed by atoms with Crippen LogP contribution in [0.15, 0.2) is 12.2 Å². The van der Waals surface area contributed by atoms with Crippen LogP contribution in [0.2, 0.25) is 0 Å². The molecule has 0 aromatic rings. The summed E-state index contributed by atoms with van der Waals surface area (Å²) < 4.78 is 10.8. The molecule has 1 aliphatic carbocycles. The molecule has 0 radical (unpaired) electrons. The van der Waals surface area contributed by atoms with Crippen LogP contribution in [0, 0.1) is 0 Å². The molecule has 2 aliphatic rings. The van der Waals surface area contributed by atoms with E-state index in [1.165, 1.54) is 0 Å². The third-order valence-electron chi connectivity index (χ3n) is 3.35. The average molecular weight is 224 g/mol. The summed E-state index contributed by atoms with van der Waals surface area (Å²) >= 11 is 0. The van der Waals surface area contributed by atoms with E-state index in [0.29, 0.717) is 17.8 Å². The summed E-state index contributed by atoms with van der Waals surface area (Å²) in [4.78, 5) is 11.7. The first kappa shape index (κ1) is 11.6. The summed E-state index contributed by atoms with van der Waals surface area (Å²) in [7, 11) is 0. The van der Waals surface area contributed by atoms with Gasteiger partial charge in [0.15, 0.2) is 0 Å². The van der Waals surface area contributed by atoms with Crippen molar-refractivity contribution in [3.8, 4) is 0 Å². The van der Waals surface area contributed by atoms with E-state index in [-0.39, 0.29) is 12.1 Å². The highest BCUT2D eigenvalue weighted by atomic mass is 16.6. The first-order chi connectivity index (χ1) is 7.70. The van der Waals surface area contributed by atoms with Gasteiger partial charge in [0, 0.05) is 12.0 Å². The standard InChI is InChI=1S/C13H20O3/c1-3-4-5-9(2)13(14)15-10-6-7-11-12(8-10)16-11/h10-12H,2-8H2,1H3. The minimum atomic E-state index is -0.211. The lowest BCUT2D eigenvalue weighted by molar-refractivity contribution is -0.145. The Morgan fingerprint density at radius 3 is 2.94 bits per heavy atom. The number of epoxide rings is 1. The van der Waals surface area contributed by atoms with Crippen LogP contribution in [0.5, 0.6) is 0 Å². The van der Waals surface area contributed by atoms with E-state index in [1.54, 1.807) is 0 Å². The molecule has 16 heavy (non-hydrogen) atoms. The van der Waals surface area contributed by atoms with Gasteiger partial charge in [-0.1, -0.05) is 19.9 Å². The topological polar surface area (TPSA) is 38.8 Å². The lowest BCUT2D eigenvalue weighted by atomic mass is 9.98. The van der Waals surface area contributed by atoms with Gasteiger partial charge in [-0.3, -0.25) is 0 Å². The smallest absolute Gasteiger partial charge is 0.333 e. The van der Waals surface area contributed by atoms with E-state index in [0.717, 1.165) is 38.5 Å². The van der Waals surface area contributed by atoms with Gasteiger partial charge in [-0.15, -0.1) is 0 Å². The van der Waals surface area contributed by atoms with Crippen molar-refractivity contribution < 1.29 is 14.3 Å². The van der Waals surface area contributed by atoms with E-state index in [2.05, 4.69) is 13.5 Å². The lowest BCUT2D eigenvalue weighted by Crippen LogP contribution is -2.25. The van der Waals surface area contributed by atoms with E-state index >= 15 is 0 Å². The fourth-order valence-corrected chi connectivity index (χ4v) is 2.20. The van der Waals surface area contributed by atoms with Crippen molar-refractivity contribution in [3.63, 3.8) is 0 Å². The van der Waals surface area contributed by atoms with Gasteiger partial charge < -0.3 is 9.47 Å². The SMILES string of the molecule is C=C(CCCC)C(=O)OC1CCC2OC2C1. The quantitative estimate of drug-likeness (QED) is 0.409. The number of ether oxygens (including phenoxy) is 2. The Bertz CT molecular complexity index is 285. The normalized spacial score (nSPS) is 31.7. The zero-order chi connectivity index (χ0) is 11.5. The fourth-order valence-electron chi connectivity index (χ4n) is 2.20. The fraction of sp³-hybridized carbons (Fsp3) is 0.769. The van der Waals surface area contributed by atoms with Crippen LogP contribution in [0.4, 0.5) is 0 Å². The monoisotopic (exact) mass is 224 g/mol. The van der Waals surface area contributed by atoms with Gasteiger partial charge in [-0.05, 0) is 25.7 Å². The van der Waals surface area contributed by atoms with E-state index in [9.17, 15) is 4.79 Å². The molecule has 3 atom stereocenters. The number of rotatable bonds is 5. The van der Waals surface area contributed by atoms with E-state index in [1.807, 2.05) is 0 Å². The summed E-state index contributed by atoms with van der Waals surface area (Å²) in [6.45, 7) is 5.88. The highest BCUT2D eigenvalue weighted by molar-refractivity contribution is 5.87. The largest absolute Gasteiger partial charge is 0.459 e. The Hall–Kier alpha value is -0.830. The van der Waals surface area contributed by atoms with Gasteiger partial charge in [0.1, 0.15) is 6.10 Å². The molecule has 2 rings (SSSR count). The van der Waals surface area contributed by atoms with Crippen LogP contribution in [0.25, 0.3) is 0 Å². The van der Waals surface area contributed by atoms with Gasteiger partial charge >= 0.3 is 5.97 Å². The summed E-state index contributed by atoms with van der Waals surface area (Å²) in [5.74, 6) is -0.211. The van der Waals surface area contributed by atoms with Crippen molar-refractivity contribution in [1.82, 2.24) is 0 Å². The van der Waals surface area contributed by atoms with Crippen molar-refractivity contribution in [3.05, 3.63) is 12.2 Å². The maximum Gasteiger partial charge on any atom is 0.333 e. The number of esters is 1. The second-order valence-electron chi connectivity index (χ2n) is 4.76. The minimum absolute atomic E-state index is 0.0506. The predicted molar refractivity (Wildman–Crippen MR) is 61.1 cm³/mol. The van der Waals surface area contributed by atoms with Gasteiger partial charge in [-0.2, -0.15) is 0 Å². The molecule has 2 fully saturated rings. The Morgan fingerprint density at radius 1 is 1.44 bits per heavy atom. The van der Waals surface area contributed by atoms with Crippen molar-refractivity contribution in [1.29, 1.82) is 0 Å². The molecular weight excluding hydrogens is 204 g/mol. The molecule has 1 aliphatic heterocycles. The van der Waals surface area contributed by atoms with Crippen LogP contribution < -0.4 is 0 Å². The molecular formula is C13H20O3. The third-order valence-corrected chi connectivity index (χ3v) is 3.35. The highest BCUT2D eigenvalue weighted by Crippen LogP contribution is 2.37. The molecule has 1 heterocycles. The molecule has 3 nitrogen and oxygen atoms in total. The maximum absolute atomic E-state index is 11.7. The first-order valence-electron chi connectivity index (χ1n) is 6.25. The molecule has 0 spiro atoms. The Kier molecular flexibility index (Phi) is 3.64. The zero-order valence-electron chi connectivity index (χ0n) is 9.91. The lowest BCUT2D eigenvalue weighted by Gasteiger charge is -2.19. The molecule has 0 bridgehead atoms. The number of fused-ring (bicyclic) bond motifs is 1. The van der Waals surface area contributed by atoms with Crippen molar-refractivity contribution >= 4 is 5.97 Å². The van der Waals surface area contributed by atoms with Crippen LogP contribution in [-0.2, 0) is 14.3 Å². The van der Waals surface area contributed by atoms with Crippen molar-refractivity contribution in [2.75, 3.05) is 0 Å². The summed E-state index contributed by atoms with van der Waals surface area (Å²) in [6.07, 6.45) is 6.54. The summed E-state index contributed by atoms with van der Waals surface area (Å²) in [6, 6.07) is 0. The number of unbranched alkanes of at least 4 members (excludes halogenated alkanes) is 1. The van der Waals surface area contributed by atoms with Crippen LogP contribution in [0.1, 0.15) is 45.4 Å². The van der Waals surface area contributed by atoms with Gasteiger partial charge in [-0.25, -0.2) is 4.79 Å². The average Bonchev–Trinajstić information content (AvgIpc) is 3.03. The van der Waals surface area contributed by atoms with Gasteiger partial charge in [0.2, 0.25) is 0 Å². The minimum Gasteiger partial charge on any atom is -0.459 e. The van der Waals surface area contributed by atoms with Crippen molar-refractivity contribution in [2.24, 2.45) is 0 Å². The molecule has 0 N–H and O–H groups in total. The first-order valence-corrected chi connectivity index (χ1v) is 6.25. The number of carbonyl (C=O) groups is 1. The molecule has 1 saturated carbocycles. The summed E-state index contributed by atoms with van der Waals surface area (Å²) in [5, 5.41) is 0. The van der Waals surface area contributed by atoms with Gasteiger partial charge in [0.05, 0.1) is 12.2 Å². The molecule has 90 valence electrons. The van der Waals surface area contributed by atoms with E-state index in [4.69, 9.17) is 9.47 Å². The Labute approximate surface area is 96.8 Å². The number of hydrogen-bond donors (Lipinski definition) is 0. The van der Waals surface area contributed by atoms with E-state index < -0.39 is 0 Å². The van der Waals surface area contributed by atoms with Crippen LogP contribution in [-0.4, -0.2) is 24.3 Å². The number of carbonyl (C=O) groups excluding carboxylic acids is 1. The molecule has 0 aromatic heterocycles. The zero-order valence-corrected chi connectivity index (χ0v) is 9.91. The molecule has 0 amide bonds. The number of hydrogen-bond acceptors (Lipinski definition) is 3. The molecule has 3 unspecified atom stereocenters. The second kappa shape index (κ2) is 5.00. The van der Waals surface area contributed by atoms with Crippen molar-refractivity contribution in [2.45, 2.75) is 63.8 Å². The molecule has 0 aromatic carbocycles. The maximum atomic E-state index is 11.7. The van der Waals surface area contributed by atoms with Gasteiger partial charge in [0.25, 0.3) is 0 Å².